The molecule has 0 unspecified atom stereocenters. The smallest absolute Gasteiger partial charge is 0.267 e. The van der Waals surface area contributed by atoms with Crippen molar-refractivity contribution in [1.29, 1.82) is 0 Å². The first kappa shape index (κ1) is 8.81. The minimum atomic E-state index is -0.0365. The Kier molecular flexibility index (Phi) is 2.00. The van der Waals surface area contributed by atoms with E-state index in [1.807, 2.05) is 31.2 Å². The van der Waals surface area contributed by atoms with Crippen LogP contribution in [0.25, 0.3) is 5.69 Å². The van der Waals surface area contributed by atoms with Crippen molar-refractivity contribution < 1.29 is 0 Å². The molecule has 1 aromatic heterocycles. The molecule has 3 heteroatoms. The standard InChI is InChI=1S/C11H12N2O/c1-8-3-5-10(6-4-8)13-7-9(2)11(14)12-13/h3-7H,1-2H3,(H,12,14). The molecule has 0 aliphatic heterocycles. The Bertz CT molecular complexity index is 491. The van der Waals surface area contributed by atoms with Crippen molar-refractivity contribution in [3.63, 3.8) is 0 Å². The lowest BCUT2D eigenvalue weighted by molar-refractivity contribution is 0.863. The molecule has 14 heavy (non-hydrogen) atoms. The Morgan fingerprint density at radius 3 is 2.29 bits per heavy atom. The minimum absolute atomic E-state index is 0.0365. The van der Waals surface area contributed by atoms with Crippen LogP contribution in [-0.2, 0) is 0 Å². The van der Waals surface area contributed by atoms with Crippen LogP contribution < -0.4 is 5.56 Å². The topological polar surface area (TPSA) is 37.8 Å². The highest BCUT2D eigenvalue weighted by molar-refractivity contribution is 5.33. The lowest BCUT2D eigenvalue weighted by Crippen LogP contribution is -2.04. The maximum atomic E-state index is 11.2. The molecule has 1 N–H and O–H groups in total. The third-order valence-corrected chi connectivity index (χ3v) is 2.22. The maximum Gasteiger partial charge on any atom is 0.267 e. The highest BCUT2D eigenvalue weighted by Gasteiger charge is 1.99. The van der Waals surface area contributed by atoms with Crippen LogP contribution in [0.5, 0.6) is 0 Å². The van der Waals surface area contributed by atoms with Gasteiger partial charge in [-0.25, -0.2) is 0 Å². The number of hydrogen-bond donors (Lipinski definition) is 1. The number of aromatic nitrogens is 2. The van der Waals surface area contributed by atoms with E-state index in [0.29, 0.717) is 0 Å². The molecule has 72 valence electrons. The number of nitrogens with one attached hydrogen (secondary N) is 1. The average Bonchev–Trinajstić information content (AvgIpc) is 2.48. The van der Waals surface area contributed by atoms with Crippen molar-refractivity contribution in [2.24, 2.45) is 0 Å². The summed E-state index contributed by atoms with van der Waals surface area (Å²) in [5.41, 5.74) is 2.87. The first-order valence-electron chi connectivity index (χ1n) is 4.52. The van der Waals surface area contributed by atoms with Crippen LogP contribution in [0, 0.1) is 13.8 Å². The second-order valence-corrected chi connectivity index (χ2v) is 3.46. The summed E-state index contributed by atoms with van der Waals surface area (Å²) in [7, 11) is 0. The van der Waals surface area contributed by atoms with Crippen molar-refractivity contribution in [2.45, 2.75) is 13.8 Å². The number of H-pyrrole nitrogens is 1. The van der Waals surface area contributed by atoms with Gasteiger partial charge in [-0.3, -0.25) is 14.6 Å². The summed E-state index contributed by atoms with van der Waals surface area (Å²) in [6.07, 6.45) is 1.80. The maximum absolute atomic E-state index is 11.2. The molecule has 0 spiro atoms. The van der Waals surface area contributed by atoms with Gasteiger partial charge in [0.25, 0.3) is 5.56 Å². The molecule has 0 radical (unpaired) electrons. The van der Waals surface area contributed by atoms with Gasteiger partial charge in [0.2, 0.25) is 0 Å². The molecule has 2 aromatic rings. The Balaban J connectivity index is 2.49. The minimum Gasteiger partial charge on any atom is -0.268 e. The molecule has 1 aromatic carbocycles. The van der Waals surface area contributed by atoms with Crippen molar-refractivity contribution >= 4 is 0 Å². The van der Waals surface area contributed by atoms with Crippen LogP contribution in [0.3, 0.4) is 0 Å². The van der Waals surface area contributed by atoms with Crippen molar-refractivity contribution in [3.05, 3.63) is 51.9 Å². The summed E-state index contributed by atoms with van der Waals surface area (Å²) in [6.45, 7) is 3.83. The van der Waals surface area contributed by atoms with E-state index >= 15 is 0 Å². The lowest BCUT2D eigenvalue weighted by atomic mass is 10.2. The Labute approximate surface area is 82.0 Å². The van der Waals surface area contributed by atoms with Gasteiger partial charge in [-0.2, -0.15) is 0 Å². The SMILES string of the molecule is Cc1ccc(-n2cc(C)c(=O)[nH]2)cc1. The summed E-state index contributed by atoms with van der Waals surface area (Å²) in [5, 5.41) is 2.74. The van der Waals surface area contributed by atoms with Gasteiger partial charge in [0, 0.05) is 11.8 Å². The zero-order chi connectivity index (χ0) is 10.1. The van der Waals surface area contributed by atoms with Gasteiger partial charge in [-0.05, 0) is 26.0 Å². The molecule has 0 aliphatic rings. The van der Waals surface area contributed by atoms with E-state index in [4.69, 9.17) is 0 Å². The Morgan fingerprint density at radius 2 is 1.79 bits per heavy atom. The van der Waals surface area contributed by atoms with Crippen LogP contribution in [0.4, 0.5) is 0 Å². The van der Waals surface area contributed by atoms with Gasteiger partial charge in [-0.1, -0.05) is 17.7 Å². The molecule has 0 bridgehead atoms. The van der Waals surface area contributed by atoms with Crippen molar-refractivity contribution in [2.75, 3.05) is 0 Å². The van der Waals surface area contributed by atoms with Gasteiger partial charge >= 0.3 is 0 Å². The highest BCUT2D eigenvalue weighted by atomic mass is 16.1. The number of aryl methyl sites for hydroxylation is 2. The Hall–Kier alpha value is -1.77. The molecule has 0 saturated heterocycles. The van der Waals surface area contributed by atoms with E-state index in [2.05, 4.69) is 5.10 Å². The van der Waals surface area contributed by atoms with Crippen LogP contribution in [0.15, 0.2) is 35.3 Å². The summed E-state index contributed by atoms with van der Waals surface area (Å²) in [6, 6.07) is 7.99. The number of benzene rings is 1. The van der Waals surface area contributed by atoms with Gasteiger partial charge < -0.3 is 0 Å². The van der Waals surface area contributed by atoms with Gasteiger partial charge in [0.05, 0.1) is 5.69 Å². The largest absolute Gasteiger partial charge is 0.268 e. The molecule has 1 heterocycles. The molecular weight excluding hydrogens is 176 g/mol. The molecule has 0 fully saturated rings. The summed E-state index contributed by atoms with van der Waals surface area (Å²) >= 11 is 0. The number of rotatable bonds is 1. The predicted molar refractivity (Wildman–Crippen MR) is 55.9 cm³/mol. The average molecular weight is 188 g/mol. The molecule has 0 atom stereocenters. The lowest BCUT2D eigenvalue weighted by Gasteiger charge is -2.01. The van der Waals surface area contributed by atoms with Gasteiger partial charge in [0.1, 0.15) is 0 Å². The normalized spacial score (nSPS) is 10.4. The molecular formula is C11H12N2O. The van der Waals surface area contributed by atoms with Gasteiger partial charge in [-0.15, -0.1) is 0 Å². The highest BCUT2D eigenvalue weighted by Crippen LogP contribution is 2.07. The monoisotopic (exact) mass is 188 g/mol. The van der Waals surface area contributed by atoms with E-state index in [9.17, 15) is 4.79 Å². The van der Waals surface area contributed by atoms with Crippen LogP contribution in [0.2, 0.25) is 0 Å². The summed E-state index contributed by atoms with van der Waals surface area (Å²) < 4.78 is 1.73. The zero-order valence-electron chi connectivity index (χ0n) is 8.24. The fraction of sp³-hybridized carbons (Fsp3) is 0.182. The summed E-state index contributed by atoms with van der Waals surface area (Å²) in [4.78, 5) is 11.2. The first-order chi connectivity index (χ1) is 6.66. The zero-order valence-corrected chi connectivity index (χ0v) is 8.24. The van der Waals surface area contributed by atoms with Crippen LogP contribution in [0.1, 0.15) is 11.1 Å². The third kappa shape index (κ3) is 1.48. The fourth-order valence-corrected chi connectivity index (χ4v) is 1.33. The van der Waals surface area contributed by atoms with Crippen molar-refractivity contribution in [1.82, 2.24) is 9.78 Å². The van der Waals surface area contributed by atoms with Crippen LogP contribution >= 0.6 is 0 Å². The quantitative estimate of drug-likeness (QED) is 0.727. The predicted octanol–water partition coefficient (Wildman–Crippen LogP) is 1.78. The molecule has 3 nitrogen and oxygen atoms in total. The first-order valence-corrected chi connectivity index (χ1v) is 4.52. The van der Waals surface area contributed by atoms with Crippen LogP contribution in [-0.4, -0.2) is 9.78 Å². The Morgan fingerprint density at radius 1 is 1.14 bits per heavy atom. The van der Waals surface area contributed by atoms with E-state index in [-0.39, 0.29) is 5.56 Å². The molecule has 0 amide bonds. The second-order valence-electron chi connectivity index (χ2n) is 3.46. The number of hydrogen-bond acceptors (Lipinski definition) is 1. The van der Waals surface area contributed by atoms with E-state index in [0.717, 1.165) is 11.3 Å². The van der Waals surface area contributed by atoms with Gasteiger partial charge in [0.15, 0.2) is 0 Å². The molecule has 0 aliphatic carbocycles. The second kappa shape index (κ2) is 3.18. The van der Waals surface area contributed by atoms with E-state index in [1.54, 1.807) is 17.8 Å². The fourth-order valence-electron chi connectivity index (χ4n) is 1.33. The summed E-state index contributed by atoms with van der Waals surface area (Å²) in [5.74, 6) is 0. The molecule has 2 rings (SSSR count). The van der Waals surface area contributed by atoms with E-state index < -0.39 is 0 Å². The third-order valence-electron chi connectivity index (χ3n) is 2.22. The number of aromatic amines is 1. The number of nitrogens with zero attached hydrogens (tertiary/aromatic N) is 1. The van der Waals surface area contributed by atoms with E-state index in [1.165, 1.54) is 5.56 Å². The molecule has 0 saturated carbocycles. The van der Waals surface area contributed by atoms with Crippen molar-refractivity contribution in [3.8, 4) is 5.69 Å².